The summed E-state index contributed by atoms with van der Waals surface area (Å²) in [6.45, 7) is 0. The summed E-state index contributed by atoms with van der Waals surface area (Å²) in [5.74, 6) is 0.543. The molecule has 0 saturated carbocycles. The zero-order chi connectivity index (χ0) is 11.3. The molecule has 0 aliphatic rings. The standard InChI is InChI=1S/C9H11ClN4O/c1-15-8-3-2-7(10)4-6(8)5-13-14-9(11)12/h2-5H,1H3,(H4,11,12,14). The fourth-order valence-corrected chi connectivity index (χ4v) is 1.14. The minimum atomic E-state index is -0.104. The van der Waals surface area contributed by atoms with Crippen LogP contribution in [0.4, 0.5) is 0 Å². The van der Waals surface area contributed by atoms with Gasteiger partial charge in [0, 0.05) is 10.6 Å². The number of nitrogens with zero attached hydrogens (tertiary/aromatic N) is 2. The molecule has 0 atom stereocenters. The van der Waals surface area contributed by atoms with Crippen LogP contribution in [-0.2, 0) is 0 Å². The number of halogens is 1. The summed E-state index contributed by atoms with van der Waals surface area (Å²) < 4.78 is 5.10. The van der Waals surface area contributed by atoms with Crippen LogP contribution >= 0.6 is 11.6 Å². The van der Waals surface area contributed by atoms with Gasteiger partial charge in [0.05, 0.1) is 13.3 Å². The molecule has 0 unspecified atom stereocenters. The normalized spacial score (nSPS) is 10.3. The third-order valence-corrected chi connectivity index (χ3v) is 1.80. The summed E-state index contributed by atoms with van der Waals surface area (Å²) in [5, 5.41) is 7.72. The molecule has 4 N–H and O–H groups in total. The number of hydrogen-bond acceptors (Lipinski definition) is 3. The van der Waals surface area contributed by atoms with Crippen LogP contribution in [0.3, 0.4) is 0 Å². The highest BCUT2D eigenvalue weighted by molar-refractivity contribution is 6.30. The van der Waals surface area contributed by atoms with Crippen LogP contribution in [0, 0.1) is 0 Å². The molecule has 0 aliphatic heterocycles. The first-order valence-corrected chi connectivity index (χ1v) is 4.47. The lowest BCUT2D eigenvalue weighted by molar-refractivity contribution is 0.414. The van der Waals surface area contributed by atoms with Crippen molar-refractivity contribution in [1.82, 2.24) is 0 Å². The second kappa shape index (κ2) is 5.21. The largest absolute Gasteiger partial charge is 0.496 e. The predicted octanol–water partition coefficient (Wildman–Crippen LogP) is 0.956. The van der Waals surface area contributed by atoms with Crippen LogP contribution in [0.1, 0.15) is 5.56 Å². The van der Waals surface area contributed by atoms with Crippen molar-refractivity contribution in [2.24, 2.45) is 21.7 Å². The lowest BCUT2D eigenvalue weighted by Crippen LogP contribution is -2.21. The van der Waals surface area contributed by atoms with Gasteiger partial charge in [-0.05, 0) is 18.2 Å². The first kappa shape index (κ1) is 11.3. The Bertz CT molecular complexity index is 399. The predicted molar refractivity (Wildman–Crippen MR) is 61.4 cm³/mol. The molecule has 0 radical (unpaired) electrons. The Morgan fingerprint density at radius 3 is 2.80 bits per heavy atom. The molecule has 15 heavy (non-hydrogen) atoms. The van der Waals surface area contributed by atoms with Crippen LogP contribution in [0.15, 0.2) is 28.4 Å². The fourth-order valence-electron chi connectivity index (χ4n) is 0.964. The quantitative estimate of drug-likeness (QED) is 0.457. The van der Waals surface area contributed by atoms with Crippen molar-refractivity contribution in [3.05, 3.63) is 28.8 Å². The third-order valence-electron chi connectivity index (χ3n) is 1.56. The van der Waals surface area contributed by atoms with E-state index in [4.69, 9.17) is 27.8 Å². The van der Waals surface area contributed by atoms with Gasteiger partial charge in [0.2, 0.25) is 5.96 Å². The van der Waals surface area contributed by atoms with Gasteiger partial charge < -0.3 is 16.2 Å². The smallest absolute Gasteiger partial charge is 0.211 e. The highest BCUT2D eigenvalue weighted by Crippen LogP contribution is 2.20. The molecule has 0 saturated heterocycles. The monoisotopic (exact) mass is 226 g/mol. The van der Waals surface area contributed by atoms with Crippen LogP contribution < -0.4 is 16.2 Å². The number of rotatable bonds is 3. The Hall–Kier alpha value is -1.75. The van der Waals surface area contributed by atoms with E-state index in [1.807, 2.05) is 0 Å². The molecular weight excluding hydrogens is 216 g/mol. The number of benzene rings is 1. The molecule has 1 aromatic carbocycles. The van der Waals surface area contributed by atoms with Crippen LogP contribution in [-0.4, -0.2) is 19.3 Å². The van der Waals surface area contributed by atoms with Gasteiger partial charge >= 0.3 is 0 Å². The summed E-state index contributed by atoms with van der Waals surface area (Å²) in [6.07, 6.45) is 1.46. The molecule has 0 spiro atoms. The maximum absolute atomic E-state index is 5.81. The first-order chi connectivity index (χ1) is 7.13. The van der Waals surface area contributed by atoms with Crippen LogP contribution in [0.25, 0.3) is 0 Å². The van der Waals surface area contributed by atoms with Gasteiger partial charge in [-0.1, -0.05) is 11.6 Å². The highest BCUT2D eigenvalue weighted by Gasteiger charge is 2.00. The Morgan fingerprint density at radius 2 is 2.20 bits per heavy atom. The summed E-state index contributed by atoms with van der Waals surface area (Å²) >= 11 is 5.81. The molecule has 0 heterocycles. The second-order valence-corrected chi connectivity index (χ2v) is 3.09. The van der Waals surface area contributed by atoms with Gasteiger partial charge in [-0.2, -0.15) is 5.10 Å². The van der Waals surface area contributed by atoms with E-state index >= 15 is 0 Å². The Balaban J connectivity index is 2.97. The van der Waals surface area contributed by atoms with Crippen molar-refractivity contribution in [2.45, 2.75) is 0 Å². The minimum Gasteiger partial charge on any atom is -0.496 e. The van der Waals surface area contributed by atoms with E-state index in [-0.39, 0.29) is 5.96 Å². The van der Waals surface area contributed by atoms with Crippen LogP contribution in [0.5, 0.6) is 5.75 Å². The summed E-state index contributed by atoms with van der Waals surface area (Å²) in [4.78, 5) is 0. The van der Waals surface area contributed by atoms with Crippen molar-refractivity contribution in [1.29, 1.82) is 0 Å². The van der Waals surface area contributed by atoms with Gasteiger partial charge in [-0.3, -0.25) is 0 Å². The fraction of sp³-hybridized carbons (Fsp3) is 0.111. The molecule has 0 amide bonds. The van der Waals surface area contributed by atoms with E-state index < -0.39 is 0 Å². The van der Waals surface area contributed by atoms with Crippen molar-refractivity contribution in [2.75, 3.05) is 7.11 Å². The third kappa shape index (κ3) is 3.47. The van der Waals surface area contributed by atoms with Gasteiger partial charge in [0.15, 0.2) is 0 Å². The Morgan fingerprint density at radius 1 is 1.47 bits per heavy atom. The average Bonchev–Trinajstić information content (AvgIpc) is 2.17. The summed E-state index contributed by atoms with van der Waals surface area (Å²) in [5.41, 5.74) is 10.9. The van der Waals surface area contributed by atoms with E-state index in [0.717, 1.165) is 0 Å². The van der Waals surface area contributed by atoms with Crippen LogP contribution in [0.2, 0.25) is 5.02 Å². The van der Waals surface area contributed by atoms with E-state index in [9.17, 15) is 0 Å². The van der Waals surface area contributed by atoms with Gasteiger partial charge in [0.1, 0.15) is 5.75 Å². The van der Waals surface area contributed by atoms with E-state index in [1.54, 1.807) is 25.3 Å². The Kier molecular flexibility index (Phi) is 3.93. The molecule has 1 aromatic rings. The first-order valence-electron chi connectivity index (χ1n) is 4.09. The molecular formula is C9H11ClN4O. The summed E-state index contributed by atoms with van der Waals surface area (Å²) in [6, 6.07) is 5.16. The lowest BCUT2D eigenvalue weighted by Gasteiger charge is -2.03. The maximum atomic E-state index is 5.81. The molecule has 0 aliphatic carbocycles. The molecule has 1 rings (SSSR count). The molecule has 0 aromatic heterocycles. The maximum Gasteiger partial charge on any atom is 0.211 e. The van der Waals surface area contributed by atoms with E-state index in [0.29, 0.717) is 16.3 Å². The van der Waals surface area contributed by atoms with Crippen molar-refractivity contribution >= 4 is 23.8 Å². The topological polar surface area (TPSA) is 86.0 Å². The second-order valence-electron chi connectivity index (χ2n) is 2.66. The molecule has 6 heteroatoms. The number of hydrogen-bond donors (Lipinski definition) is 2. The SMILES string of the molecule is COc1ccc(Cl)cc1C=NN=C(N)N. The number of ether oxygens (including phenoxy) is 1. The molecule has 80 valence electrons. The number of guanidine groups is 1. The van der Waals surface area contributed by atoms with Gasteiger partial charge in [0.25, 0.3) is 0 Å². The highest BCUT2D eigenvalue weighted by atomic mass is 35.5. The number of nitrogens with two attached hydrogens (primary N) is 2. The van der Waals surface area contributed by atoms with Crippen molar-refractivity contribution < 1.29 is 4.74 Å². The lowest BCUT2D eigenvalue weighted by atomic mass is 10.2. The molecule has 0 bridgehead atoms. The van der Waals surface area contributed by atoms with Gasteiger partial charge in [-0.25, -0.2) is 0 Å². The van der Waals surface area contributed by atoms with E-state index in [1.165, 1.54) is 6.21 Å². The summed E-state index contributed by atoms with van der Waals surface area (Å²) in [7, 11) is 1.56. The van der Waals surface area contributed by atoms with Crippen molar-refractivity contribution in [3.63, 3.8) is 0 Å². The molecule has 0 fully saturated rings. The van der Waals surface area contributed by atoms with E-state index in [2.05, 4.69) is 10.2 Å². The zero-order valence-corrected chi connectivity index (χ0v) is 8.90. The molecule has 5 nitrogen and oxygen atoms in total. The van der Waals surface area contributed by atoms with Crippen molar-refractivity contribution in [3.8, 4) is 5.75 Å². The number of methoxy groups -OCH3 is 1. The van der Waals surface area contributed by atoms with Gasteiger partial charge in [-0.15, -0.1) is 5.10 Å². The zero-order valence-electron chi connectivity index (χ0n) is 8.14. The Labute approximate surface area is 92.4 Å². The minimum absolute atomic E-state index is 0.104. The average molecular weight is 227 g/mol.